The molecule has 9 atom stereocenters. The van der Waals surface area contributed by atoms with Crippen LogP contribution in [-0.2, 0) is 31.4 Å². The minimum Gasteiger partial charge on any atom is -0.472 e. The van der Waals surface area contributed by atoms with Gasteiger partial charge in [0.25, 0.3) is 17.7 Å². The number of ether oxygens (including phenoxy) is 1. The maximum Gasteiger partial charge on any atom is 0.417 e. The molecule has 2 aromatic carbocycles. The molecule has 3 amide bonds. The number of carbonyl (C=O) groups is 3. The van der Waals surface area contributed by atoms with Crippen LogP contribution in [0.1, 0.15) is 128 Å². The number of carbonyl (C=O) groups excluding carboxylic acids is 3. The summed E-state index contributed by atoms with van der Waals surface area (Å²) < 4.78 is 135. The largest absolute Gasteiger partial charge is 0.472 e. The van der Waals surface area contributed by atoms with Gasteiger partial charge in [-0.1, -0.05) is 24.3 Å². The molecule has 0 radical (unpaired) electrons. The van der Waals surface area contributed by atoms with Gasteiger partial charge in [0.15, 0.2) is 5.69 Å². The minimum absolute atomic E-state index is 0.00545. The Morgan fingerprint density at radius 2 is 0.990 bits per heavy atom. The van der Waals surface area contributed by atoms with Crippen molar-refractivity contribution in [2.45, 2.75) is 145 Å². The number of nitrogens with zero attached hydrogens (tertiary/aromatic N) is 16. The van der Waals surface area contributed by atoms with Gasteiger partial charge in [-0.2, -0.15) is 79.7 Å². The van der Waals surface area contributed by atoms with Crippen LogP contribution in [0.15, 0.2) is 141 Å². The first-order valence-corrected chi connectivity index (χ1v) is 31.1. The van der Waals surface area contributed by atoms with E-state index in [9.17, 15) is 58.3 Å². The van der Waals surface area contributed by atoms with Gasteiger partial charge in [-0.25, -0.2) is 14.4 Å². The van der Waals surface area contributed by atoms with Crippen LogP contribution >= 0.6 is 0 Å². The van der Waals surface area contributed by atoms with Crippen molar-refractivity contribution >= 4 is 17.7 Å². The van der Waals surface area contributed by atoms with Gasteiger partial charge in [-0.05, 0) is 150 Å². The first kappa shape index (κ1) is 64.7. The SMILES string of the molecule is Cc1cccc(C(=O)N2C3CCC2C(Oc2ccc(C(F)(F)F)cn2)C3)c1-n1nccn1.Cc1ccnc(C(=O)N2C3CCC2C(Cc2ncc(C(F)(F)F)cc2F)C3)c1-n1nccn1.O=C(c1ccccc1-n1nccn1)N1C2CCC1C(Cc1ccc(C(F)(F)F)cn1)C2. The molecule has 6 saturated heterocycles. The number of rotatable bonds is 12. The predicted octanol–water partition coefficient (Wildman–Crippen LogP) is 11.5. The Morgan fingerprint density at radius 3 is 1.58 bits per heavy atom. The van der Waals surface area contributed by atoms with E-state index in [1.165, 1.54) is 38.9 Å². The standard InChI is InChI=1S/C22H20F4N6O.C22H20F3N5O2.C22H20F3N5O/c1-12-4-5-27-19(20(12)32-29-6-7-30-32)21(33)31-15-2-3-18(31)13(8-15)9-17-16(23)10-14(11-28-17)22(24,25)26;1-13-3-2-4-16(20(13)30-27-9-10-28-30)21(31)29-15-6-7-17(29)18(11-15)32-19-8-5-14(12-26-19)22(23,24)25;23-22(24,25)15-5-6-16(26-13-15)11-14-12-17-7-8-19(14)29(17)21(31)18-3-1-2-4-20(18)30-27-9-10-28-30/h4-7,10-11,13,15,18H,2-3,8-9H2,1H3;2-5,8-10,12,15,17-18H,6-7,11H2,1H3;1-6,9-10,13-14,17,19H,7-8,11-12H2. The summed E-state index contributed by atoms with van der Waals surface area (Å²) in [4.78, 5) is 66.4. The second-order valence-electron chi connectivity index (χ2n) is 24.7. The number of halogens is 10. The number of amides is 3. The number of hydrogen-bond acceptors (Lipinski definition) is 14. The lowest BCUT2D eigenvalue weighted by molar-refractivity contribution is -0.138. The predicted molar refractivity (Wildman–Crippen MR) is 321 cm³/mol. The van der Waals surface area contributed by atoms with Gasteiger partial charge < -0.3 is 19.4 Å². The Labute approximate surface area is 541 Å². The van der Waals surface area contributed by atoms with E-state index < -0.39 is 41.0 Å². The van der Waals surface area contributed by atoms with Crippen molar-refractivity contribution in [3.05, 3.63) is 203 Å². The van der Waals surface area contributed by atoms with Crippen LogP contribution in [0.2, 0.25) is 0 Å². The zero-order valence-electron chi connectivity index (χ0n) is 51.3. The molecule has 0 saturated carbocycles. The van der Waals surface area contributed by atoms with Crippen LogP contribution in [0, 0.1) is 31.5 Å². The van der Waals surface area contributed by atoms with Crippen LogP contribution in [0.5, 0.6) is 5.88 Å². The van der Waals surface area contributed by atoms with E-state index in [1.54, 1.807) is 54.1 Å². The highest BCUT2D eigenvalue weighted by Gasteiger charge is 2.53. The van der Waals surface area contributed by atoms with E-state index in [2.05, 4.69) is 50.5 Å². The normalized spacial score (nSPS) is 22.5. The molecule has 30 heteroatoms. The molecule has 6 bridgehead atoms. The van der Waals surface area contributed by atoms with Gasteiger partial charge in [0.2, 0.25) is 5.88 Å². The van der Waals surface area contributed by atoms with Crippen LogP contribution in [0.25, 0.3) is 17.1 Å². The summed E-state index contributed by atoms with van der Waals surface area (Å²) >= 11 is 0. The summed E-state index contributed by atoms with van der Waals surface area (Å²) in [6.07, 6.45) is 7.17. The summed E-state index contributed by atoms with van der Waals surface area (Å²) in [5.74, 6) is -1.19. The molecule has 20 nitrogen and oxygen atoms in total. The molecule has 498 valence electrons. The van der Waals surface area contributed by atoms with E-state index in [0.29, 0.717) is 65.4 Å². The molecule has 9 aromatic rings. The number of fused-ring (bicyclic) bond motifs is 6. The number of benzene rings is 2. The highest BCUT2D eigenvalue weighted by Crippen LogP contribution is 2.47. The lowest BCUT2D eigenvalue weighted by Crippen LogP contribution is -2.39. The minimum atomic E-state index is -4.65. The third-order valence-corrected chi connectivity index (χ3v) is 19.0. The quantitative estimate of drug-likeness (QED) is 0.104. The van der Waals surface area contributed by atoms with Crippen molar-refractivity contribution in [1.29, 1.82) is 0 Å². The molecule has 96 heavy (non-hydrogen) atoms. The fourth-order valence-corrected chi connectivity index (χ4v) is 14.7. The van der Waals surface area contributed by atoms with E-state index >= 15 is 0 Å². The van der Waals surface area contributed by atoms with Gasteiger partial charge in [-0.3, -0.25) is 24.4 Å². The maximum absolute atomic E-state index is 14.4. The van der Waals surface area contributed by atoms with Crippen LogP contribution < -0.4 is 4.74 Å². The van der Waals surface area contributed by atoms with Gasteiger partial charge in [0.05, 0.1) is 82.4 Å². The van der Waals surface area contributed by atoms with Crippen molar-refractivity contribution in [3.63, 3.8) is 0 Å². The molecule has 15 rings (SSSR count). The molecule has 13 heterocycles. The number of aryl methyl sites for hydroxylation is 2. The second kappa shape index (κ2) is 25.9. The van der Waals surface area contributed by atoms with Gasteiger partial charge in [-0.15, -0.1) is 4.80 Å². The third-order valence-electron chi connectivity index (χ3n) is 19.0. The van der Waals surface area contributed by atoms with Crippen LogP contribution in [-0.4, -0.2) is 140 Å². The van der Waals surface area contributed by atoms with Crippen molar-refractivity contribution in [1.82, 2.24) is 79.6 Å². The molecule has 6 aliphatic heterocycles. The highest BCUT2D eigenvalue weighted by atomic mass is 19.4. The van der Waals surface area contributed by atoms with Crippen LogP contribution in [0.4, 0.5) is 43.9 Å². The number of hydrogen-bond donors (Lipinski definition) is 0. The highest BCUT2D eigenvalue weighted by molar-refractivity contribution is 6.00. The van der Waals surface area contributed by atoms with Crippen LogP contribution in [0.3, 0.4) is 0 Å². The van der Waals surface area contributed by atoms with E-state index in [1.807, 2.05) is 54.0 Å². The van der Waals surface area contributed by atoms with Crippen molar-refractivity contribution in [2.75, 3.05) is 0 Å². The zero-order chi connectivity index (χ0) is 67.4. The first-order chi connectivity index (χ1) is 46.0. The number of para-hydroxylation sites is 2. The topological polar surface area (TPSA) is 214 Å². The van der Waals surface area contributed by atoms with E-state index in [4.69, 9.17) is 4.74 Å². The molecular weight excluding hydrogens is 1270 g/mol. The lowest BCUT2D eigenvalue weighted by Gasteiger charge is -2.25. The van der Waals surface area contributed by atoms with Crippen molar-refractivity contribution in [3.8, 4) is 22.9 Å². The summed E-state index contributed by atoms with van der Waals surface area (Å²) in [6, 6.07) is 19.5. The van der Waals surface area contributed by atoms with Crippen molar-refractivity contribution in [2.24, 2.45) is 11.8 Å². The average Bonchev–Trinajstić information content (AvgIpc) is 1.61. The Balaban J connectivity index is 0.000000130. The molecule has 0 spiro atoms. The molecule has 0 aliphatic carbocycles. The summed E-state index contributed by atoms with van der Waals surface area (Å²) in [5.41, 5.74) is 2.66. The maximum atomic E-state index is 14.4. The first-order valence-electron chi connectivity index (χ1n) is 31.1. The monoisotopic (exact) mass is 1330 g/mol. The summed E-state index contributed by atoms with van der Waals surface area (Å²) in [6.45, 7) is 3.74. The van der Waals surface area contributed by atoms with E-state index in [0.717, 1.165) is 80.6 Å². The van der Waals surface area contributed by atoms with Gasteiger partial charge >= 0.3 is 18.5 Å². The number of alkyl halides is 9. The Bertz CT molecular complexity index is 4270. The third kappa shape index (κ3) is 12.9. The molecule has 6 fully saturated rings. The average molecular weight is 1330 g/mol. The molecule has 9 unspecified atom stereocenters. The fourth-order valence-electron chi connectivity index (χ4n) is 14.7. The van der Waals surface area contributed by atoms with E-state index in [-0.39, 0.29) is 95.6 Å². The Kier molecular flexibility index (Phi) is 17.5. The lowest BCUT2D eigenvalue weighted by atomic mass is 9.85. The molecule has 7 aromatic heterocycles. The molecule has 0 N–H and O–H groups in total. The summed E-state index contributed by atoms with van der Waals surface area (Å²) in [7, 11) is 0. The second-order valence-corrected chi connectivity index (χ2v) is 24.7. The van der Waals surface area contributed by atoms with Gasteiger partial charge in [0, 0.05) is 73.2 Å². The number of pyridine rings is 4. The van der Waals surface area contributed by atoms with Gasteiger partial charge in [0.1, 0.15) is 23.3 Å². The zero-order valence-corrected chi connectivity index (χ0v) is 51.3. The number of aromatic nitrogens is 13. The smallest absolute Gasteiger partial charge is 0.417 e. The molecule has 6 aliphatic rings. The summed E-state index contributed by atoms with van der Waals surface area (Å²) in [5, 5.41) is 25.0. The van der Waals surface area contributed by atoms with Crippen molar-refractivity contribution < 1.29 is 63.0 Å². The Morgan fingerprint density at radius 1 is 0.479 bits per heavy atom. The fraction of sp³-hybridized carbons (Fsp3) is 0.379. The Hall–Kier alpha value is -10.0. The molecular formula is C66H60F10N16O4.